The number of amides is 2. The summed E-state index contributed by atoms with van der Waals surface area (Å²) in [5, 5.41) is 6.52. The number of thioether (sulfide) groups is 1. The van der Waals surface area contributed by atoms with Crippen LogP contribution in [0.3, 0.4) is 0 Å². The van der Waals surface area contributed by atoms with Crippen LogP contribution in [-0.4, -0.2) is 41.1 Å². The number of hydroxylamine groups is 1. The Morgan fingerprint density at radius 3 is 2.08 bits per heavy atom. The standard InChI is InChI=1S/C27H29BrN3O4PS2/c1-19(30-25(32)17-38-18-26(33)35-31-27(34)23(29)16-37)22-14-8-9-15-24(22)36(28,20-10-4-2-5-11-20)21-12-6-3-7-13-21/h2-15,19,23H,16-18,29H2,1H3,(H2-,30,31,32,34,37)/p+1. The number of carbonyl (C=O) groups excluding carboxylic acids is 3. The van der Waals surface area contributed by atoms with Crippen molar-refractivity contribution in [3.63, 3.8) is 0 Å². The van der Waals surface area contributed by atoms with E-state index in [-0.39, 0.29) is 29.2 Å². The molecule has 0 spiro atoms. The van der Waals surface area contributed by atoms with Crippen molar-refractivity contribution in [2.75, 3.05) is 17.3 Å². The van der Waals surface area contributed by atoms with Crippen LogP contribution in [0.2, 0.25) is 0 Å². The van der Waals surface area contributed by atoms with E-state index in [0.29, 0.717) is 0 Å². The van der Waals surface area contributed by atoms with Crippen LogP contribution in [0.5, 0.6) is 0 Å². The third kappa shape index (κ3) is 7.83. The second-order valence-corrected chi connectivity index (χ2v) is 15.6. The first kappa shape index (κ1) is 30.2. The maximum absolute atomic E-state index is 12.7. The normalized spacial score (nSPS) is 12.7. The SMILES string of the molecule is CC(NC(=O)CSCC(=O)ONC(=O)C(N)CS)c1ccccc1[P+](Br)(c1ccccc1)c1ccccc1. The highest BCUT2D eigenvalue weighted by molar-refractivity contribution is 9.44. The van der Waals surface area contributed by atoms with Crippen molar-refractivity contribution in [2.24, 2.45) is 5.73 Å². The predicted octanol–water partition coefficient (Wildman–Crippen LogP) is 3.03. The van der Waals surface area contributed by atoms with Crippen LogP contribution in [0.25, 0.3) is 0 Å². The van der Waals surface area contributed by atoms with E-state index in [4.69, 9.17) is 5.73 Å². The Labute approximate surface area is 241 Å². The fourth-order valence-electron chi connectivity index (χ4n) is 3.71. The molecule has 200 valence electrons. The van der Waals surface area contributed by atoms with Gasteiger partial charge in [0.15, 0.2) is 21.5 Å². The summed E-state index contributed by atoms with van der Waals surface area (Å²) in [6.07, 6.45) is 0. The molecule has 0 aliphatic heterocycles. The van der Waals surface area contributed by atoms with Crippen LogP contribution >= 0.6 is 45.8 Å². The van der Waals surface area contributed by atoms with E-state index in [9.17, 15) is 14.4 Å². The van der Waals surface area contributed by atoms with Crippen LogP contribution in [0.1, 0.15) is 18.5 Å². The number of rotatable bonds is 11. The third-order valence-corrected chi connectivity index (χ3v) is 13.6. The van der Waals surface area contributed by atoms with Gasteiger partial charge in [0, 0.05) is 11.3 Å². The maximum atomic E-state index is 12.7. The Bertz CT molecular complexity index is 1200. The molecule has 38 heavy (non-hydrogen) atoms. The second-order valence-electron chi connectivity index (χ2n) is 8.33. The first-order valence-electron chi connectivity index (χ1n) is 11.8. The summed E-state index contributed by atoms with van der Waals surface area (Å²) in [7, 11) is 0. The summed E-state index contributed by atoms with van der Waals surface area (Å²) in [6, 6.07) is 27.6. The molecule has 0 aliphatic carbocycles. The molecule has 3 aromatic carbocycles. The number of carbonyl (C=O) groups is 3. The van der Waals surface area contributed by atoms with Crippen molar-refractivity contribution < 1.29 is 19.2 Å². The van der Waals surface area contributed by atoms with Crippen LogP contribution < -0.4 is 32.4 Å². The van der Waals surface area contributed by atoms with Crippen LogP contribution in [-0.2, 0) is 19.2 Å². The summed E-state index contributed by atoms with van der Waals surface area (Å²) in [5.41, 5.74) is 8.50. The van der Waals surface area contributed by atoms with Gasteiger partial charge in [-0.05, 0) is 37.3 Å². The highest BCUT2D eigenvalue weighted by Crippen LogP contribution is 2.63. The molecule has 0 aliphatic rings. The van der Waals surface area contributed by atoms with Gasteiger partial charge in [-0.25, -0.2) is 4.79 Å². The lowest BCUT2D eigenvalue weighted by Crippen LogP contribution is -2.42. The van der Waals surface area contributed by atoms with Gasteiger partial charge in [-0.2, -0.15) is 18.1 Å². The van der Waals surface area contributed by atoms with E-state index in [1.807, 2.05) is 67.0 Å². The zero-order valence-electron chi connectivity index (χ0n) is 20.7. The van der Waals surface area contributed by atoms with Gasteiger partial charge in [-0.3, -0.25) is 9.59 Å². The molecule has 0 saturated carbocycles. The second kappa shape index (κ2) is 14.7. The Morgan fingerprint density at radius 2 is 1.50 bits per heavy atom. The van der Waals surface area contributed by atoms with Crippen molar-refractivity contribution in [1.29, 1.82) is 0 Å². The number of nitrogens with two attached hydrogens (primary N) is 1. The number of benzene rings is 3. The van der Waals surface area contributed by atoms with Crippen molar-refractivity contribution in [1.82, 2.24) is 10.8 Å². The molecular formula is C27H30BrN3O4PS2+. The first-order chi connectivity index (χ1) is 18.3. The largest absolute Gasteiger partial charge is 0.349 e. The van der Waals surface area contributed by atoms with E-state index < -0.39 is 23.9 Å². The number of thiol groups is 1. The molecule has 0 saturated heterocycles. The van der Waals surface area contributed by atoms with Gasteiger partial charge < -0.3 is 15.9 Å². The molecule has 7 nitrogen and oxygen atoms in total. The van der Waals surface area contributed by atoms with E-state index in [1.165, 1.54) is 10.6 Å². The molecule has 0 bridgehead atoms. The summed E-state index contributed by atoms with van der Waals surface area (Å²) >= 11 is 9.20. The molecule has 11 heteroatoms. The van der Waals surface area contributed by atoms with Gasteiger partial charge in [0.2, 0.25) is 5.91 Å². The Balaban J connectivity index is 1.69. The van der Waals surface area contributed by atoms with Gasteiger partial charge in [0.05, 0.1) is 23.6 Å². The third-order valence-electron chi connectivity index (χ3n) is 5.59. The van der Waals surface area contributed by atoms with Crippen molar-refractivity contribution >= 4 is 79.5 Å². The first-order valence-corrected chi connectivity index (χ1v) is 17.4. The highest BCUT2D eigenvalue weighted by atomic mass is 79.9. The summed E-state index contributed by atoms with van der Waals surface area (Å²) in [6.45, 7) is 1.95. The lowest BCUT2D eigenvalue weighted by molar-refractivity contribution is -0.155. The highest BCUT2D eigenvalue weighted by Gasteiger charge is 2.45. The lowest BCUT2D eigenvalue weighted by atomic mass is 10.1. The summed E-state index contributed by atoms with van der Waals surface area (Å²) in [4.78, 5) is 40.8. The minimum atomic E-state index is -2.17. The van der Waals surface area contributed by atoms with Gasteiger partial charge in [0.25, 0.3) is 5.91 Å². The molecule has 4 N–H and O–H groups in total. The molecule has 2 unspecified atom stereocenters. The molecule has 2 atom stereocenters. The molecule has 3 rings (SSSR count). The zero-order valence-corrected chi connectivity index (χ0v) is 24.9. The van der Waals surface area contributed by atoms with Gasteiger partial charge >= 0.3 is 5.97 Å². The lowest BCUT2D eigenvalue weighted by Gasteiger charge is -2.25. The quantitative estimate of drug-likeness (QED) is 0.147. The van der Waals surface area contributed by atoms with Crippen molar-refractivity contribution in [3.05, 3.63) is 90.5 Å². The molecule has 0 heterocycles. The molecule has 0 fully saturated rings. The molecule has 3 aromatic rings. The topological polar surface area (TPSA) is 111 Å². The smallest absolute Gasteiger partial charge is 0.342 e. The summed E-state index contributed by atoms with van der Waals surface area (Å²) < 4.78 is 0. The maximum Gasteiger partial charge on any atom is 0.342 e. The van der Waals surface area contributed by atoms with Crippen LogP contribution in [0, 0.1) is 0 Å². The Kier molecular flexibility index (Phi) is 11.7. The average Bonchev–Trinajstić information content (AvgIpc) is 2.95. The van der Waals surface area contributed by atoms with Gasteiger partial charge in [-0.1, -0.05) is 54.6 Å². The number of hydrogen-bond acceptors (Lipinski definition) is 7. The minimum absolute atomic E-state index is 0.0532. The minimum Gasteiger partial charge on any atom is -0.349 e. The van der Waals surface area contributed by atoms with E-state index >= 15 is 0 Å². The molecule has 0 aromatic heterocycles. The molecular weight excluding hydrogens is 605 g/mol. The van der Waals surface area contributed by atoms with E-state index in [0.717, 1.165) is 22.6 Å². The van der Waals surface area contributed by atoms with E-state index in [1.54, 1.807) is 0 Å². The van der Waals surface area contributed by atoms with Crippen LogP contribution in [0.15, 0.2) is 84.9 Å². The van der Waals surface area contributed by atoms with E-state index in [2.05, 4.69) is 68.6 Å². The fraction of sp³-hybridized carbons (Fsp3) is 0.222. The predicted molar refractivity (Wildman–Crippen MR) is 164 cm³/mol. The fourth-order valence-corrected chi connectivity index (χ4v) is 9.80. The number of hydrogen-bond donors (Lipinski definition) is 4. The van der Waals surface area contributed by atoms with Crippen molar-refractivity contribution in [3.8, 4) is 0 Å². The summed E-state index contributed by atoms with van der Waals surface area (Å²) in [5.74, 6) is -3.64. The monoisotopic (exact) mass is 634 g/mol. The molecule has 0 radical (unpaired) electrons. The zero-order chi connectivity index (χ0) is 27.5. The average molecular weight is 636 g/mol. The Hall–Kier alpha value is -2.36. The van der Waals surface area contributed by atoms with Crippen LogP contribution in [0.4, 0.5) is 0 Å². The Morgan fingerprint density at radius 1 is 0.947 bits per heavy atom. The van der Waals surface area contributed by atoms with Crippen molar-refractivity contribution in [2.45, 2.75) is 19.0 Å². The number of nitrogens with one attached hydrogen (secondary N) is 2. The van der Waals surface area contributed by atoms with Gasteiger partial charge in [0.1, 0.15) is 15.9 Å². The van der Waals surface area contributed by atoms with Gasteiger partial charge in [-0.15, -0.1) is 11.8 Å². The molecule has 2 amide bonds. The number of halogens is 1.